The van der Waals surface area contributed by atoms with Gasteiger partial charge in [0, 0.05) is 17.9 Å². The highest BCUT2D eigenvalue weighted by Gasteiger charge is 2.59. The molecule has 4 atom stereocenters. The van der Waals surface area contributed by atoms with Gasteiger partial charge in [0.2, 0.25) is 0 Å². The van der Waals surface area contributed by atoms with Gasteiger partial charge in [0.15, 0.2) is 11.6 Å². The number of hydrogen-bond acceptors (Lipinski definition) is 5. The number of carbonyl (C=O) groups excluding carboxylic acids is 2. The maximum absolute atomic E-state index is 13.9. The molecule has 0 aromatic heterocycles. The van der Waals surface area contributed by atoms with Gasteiger partial charge in [-0.2, -0.15) is 0 Å². The molecule has 1 heterocycles. The molecule has 1 fully saturated rings. The predicted molar refractivity (Wildman–Crippen MR) is 127 cm³/mol. The summed E-state index contributed by atoms with van der Waals surface area (Å²) in [5, 5.41) is 22.1. The fraction of sp³-hybridized carbons (Fsp3) is 0.630. The molecule has 2 rings (SSSR count). The molecule has 0 amide bonds. The Bertz CT molecular complexity index is 891. The number of rotatable bonds is 9. The smallest absolute Gasteiger partial charge is 0.184 e. The lowest BCUT2D eigenvalue weighted by molar-refractivity contribution is -0.128. The van der Waals surface area contributed by atoms with Crippen LogP contribution in [0.25, 0.3) is 0 Å². The van der Waals surface area contributed by atoms with E-state index < -0.39 is 17.1 Å². The average Bonchev–Trinajstić information content (AvgIpc) is 3.12. The molecule has 0 aromatic carbocycles. The molecule has 0 bridgehead atoms. The summed E-state index contributed by atoms with van der Waals surface area (Å²) in [5.41, 5.74) is 0.286. The van der Waals surface area contributed by atoms with Crippen molar-refractivity contribution in [2.75, 3.05) is 0 Å². The Morgan fingerprint density at radius 3 is 2.38 bits per heavy atom. The molecular formula is C27H40O5. The summed E-state index contributed by atoms with van der Waals surface area (Å²) in [6.45, 7) is 15.0. The van der Waals surface area contributed by atoms with E-state index in [1.54, 1.807) is 20.8 Å². The molecule has 1 saturated heterocycles. The molecule has 0 spiro atoms. The van der Waals surface area contributed by atoms with Gasteiger partial charge in [0.25, 0.3) is 0 Å². The Kier molecular flexibility index (Phi) is 7.98. The first kappa shape index (κ1) is 26.1. The van der Waals surface area contributed by atoms with Crippen LogP contribution < -0.4 is 0 Å². The summed E-state index contributed by atoms with van der Waals surface area (Å²) in [7, 11) is 0. The number of aliphatic hydroxyl groups excluding tert-OH is 1. The molecule has 1 aliphatic carbocycles. The maximum Gasteiger partial charge on any atom is 0.184 e. The van der Waals surface area contributed by atoms with Crippen LogP contribution >= 0.6 is 0 Å². The van der Waals surface area contributed by atoms with Gasteiger partial charge in [-0.15, -0.1) is 0 Å². The number of carbonyl (C=O) groups is 2. The maximum atomic E-state index is 13.9. The average molecular weight is 445 g/mol. The van der Waals surface area contributed by atoms with Gasteiger partial charge in [-0.1, -0.05) is 37.1 Å². The molecule has 0 aromatic rings. The molecule has 178 valence electrons. The zero-order chi connectivity index (χ0) is 24.4. The van der Waals surface area contributed by atoms with E-state index in [9.17, 15) is 19.8 Å². The Hall–Kier alpha value is -2.14. The predicted octanol–water partition coefficient (Wildman–Crippen LogP) is 5.90. The van der Waals surface area contributed by atoms with Gasteiger partial charge >= 0.3 is 0 Å². The third-order valence-corrected chi connectivity index (χ3v) is 6.88. The molecular weight excluding hydrogens is 404 g/mol. The van der Waals surface area contributed by atoms with Crippen LogP contribution in [0.1, 0.15) is 87.5 Å². The lowest BCUT2D eigenvalue weighted by atomic mass is 9.66. The number of aliphatic hydroxyl groups is 2. The zero-order valence-electron chi connectivity index (χ0n) is 21.0. The Morgan fingerprint density at radius 1 is 1.25 bits per heavy atom. The molecule has 5 heteroatoms. The van der Waals surface area contributed by atoms with Gasteiger partial charge in [-0.25, -0.2) is 0 Å². The summed E-state index contributed by atoms with van der Waals surface area (Å²) in [5.74, 6) is -0.973. The minimum absolute atomic E-state index is 0.115. The van der Waals surface area contributed by atoms with Gasteiger partial charge in [0.05, 0.1) is 11.0 Å². The van der Waals surface area contributed by atoms with E-state index in [0.29, 0.717) is 37.0 Å². The first-order valence-corrected chi connectivity index (χ1v) is 11.7. The zero-order valence-corrected chi connectivity index (χ0v) is 21.0. The van der Waals surface area contributed by atoms with Gasteiger partial charge in [0.1, 0.15) is 23.2 Å². The number of Topliss-reactive ketones (excluding diaryl/α,β-unsaturated/α-hetero) is 2. The summed E-state index contributed by atoms with van der Waals surface area (Å²) >= 11 is 0. The Balaban J connectivity index is 2.54. The van der Waals surface area contributed by atoms with E-state index in [1.807, 2.05) is 40.7 Å². The molecule has 4 unspecified atom stereocenters. The third kappa shape index (κ3) is 4.93. The summed E-state index contributed by atoms with van der Waals surface area (Å²) in [6.07, 6.45) is 5.84. The van der Waals surface area contributed by atoms with Crippen molar-refractivity contribution in [2.45, 2.75) is 99.2 Å². The second kappa shape index (κ2) is 9.78. The van der Waals surface area contributed by atoms with Crippen molar-refractivity contribution in [3.05, 3.63) is 46.0 Å². The monoisotopic (exact) mass is 444 g/mol. The van der Waals surface area contributed by atoms with Crippen LogP contribution in [0.2, 0.25) is 0 Å². The van der Waals surface area contributed by atoms with Crippen LogP contribution in [0.5, 0.6) is 0 Å². The third-order valence-electron chi connectivity index (χ3n) is 6.88. The first-order chi connectivity index (χ1) is 14.8. The van der Waals surface area contributed by atoms with E-state index in [1.165, 1.54) is 5.57 Å². The Morgan fingerprint density at radius 2 is 1.84 bits per heavy atom. The molecule has 1 aliphatic heterocycles. The SMILES string of the molecule is CCC(C)C(=O)C1=C(O)C(C)=C2OC(C(C)(O)CCC=C(C)C)CC2(CC=C(C)C)C1=O. The van der Waals surface area contributed by atoms with Crippen LogP contribution in [-0.2, 0) is 14.3 Å². The van der Waals surface area contributed by atoms with Crippen molar-refractivity contribution in [3.63, 3.8) is 0 Å². The fourth-order valence-electron chi connectivity index (χ4n) is 4.46. The Labute approximate surface area is 192 Å². The van der Waals surface area contributed by atoms with Crippen molar-refractivity contribution < 1.29 is 24.5 Å². The van der Waals surface area contributed by atoms with Gasteiger partial charge < -0.3 is 14.9 Å². The number of fused-ring (bicyclic) bond motifs is 1. The molecule has 0 saturated carbocycles. The van der Waals surface area contributed by atoms with Gasteiger partial charge in [-0.05, 0) is 67.2 Å². The van der Waals surface area contributed by atoms with Crippen LogP contribution in [-0.4, -0.2) is 33.5 Å². The van der Waals surface area contributed by atoms with Crippen molar-refractivity contribution in [3.8, 4) is 0 Å². The van der Waals surface area contributed by atoms with E-state index in [4.69, 9.17) is 4.74 Å². The highest BCUT2D eigenvalue weighted by atomic mass is 16.5. The lowest BCUT2D eigenvalue weighted by Gasteiger charge is -2.32. The van der Waals surface area contributed by atoms with Crippen molar-refractivity contribution in [1.29, 1.82) is 0 Å². The van der Waals surface area contributed by atoms with Crippen molar-refractivity contribution >= 4 is 11.6 Å². The van der Waals surface area contributed by atoms with Crippen LogP contribution in [0.15, 0.2) is 46.0 Å². The van der Waals surface area contributed by atoms with Crippen LogP contribution in [0, 0.1) is 11.3 Å². The number of ether oxygens (including phenoxy) is 1. The van der Waals surface area contributed by atoms with E-state index in [2.05, 4.69) is 6.08 Å². The molecule has 2 N–H and O–H groups in total. The first-order valence-electron chi connectivity index (χ1n) is 11.7. The minimum Gasteiger partial charge on any atom is -0.507 e. The molecule has 5 nitrogen and oxygen atoms in total. The number of hydrogen-bond donors (Lipinski definition) is 2. The minimum atomic E-state index is -1.16. The molecule has 32 heavy (non-hydrogen) atoms. The summed E-state index contributed by atoms with van der Waals surface area (Å²) in [6, 6.07) is 0. The van der Waals surface area contributed by atoms with Crippen molar-refractivity contribution in [1.82, 2.24) is 0 Å². The summed E-state index contributed by atoms with van der Waals surface area (Å²) in [4.78, 5) is 26.9. The van der Waals surface area contributed by atoms with E-state index in [-0.39, 0.29) is 35.2 Å². The summed E-state index contributed by atoms with van der Waals surface area (Å²) < 4.78 is 6.24. The largest absolute Gasteiger partial charge is 0.507 e. The highest BCUT2D eigenvalue weighted by molar-refractivity contribution is 6.25. The van der Waals surface area contributed by atoms with Gasteiger partial charge in [-0.3, -0.25) is 9.59 Å². The number of ketones is 2. The van der Waals surface area contributed by atoms with Crippen LogP contribution in [0.4, 0.5) is 0 Å². The second-order valence-corrected chi connectivity index (χ2v) is 10.2. The quantitative estimate of drug-likeness (QED) is 0.342. The highest BCUT2D eigenvalue weighted by Crippen LogP contribution is 2.54. The fourth-order valence-corrected chi connectivity index (χ4v) is 4.46. The topological polar surface area (TPSA) is 83.8 Å². The second-order valence-electron chi connectivity index (χ2n) is 10.2. The number of allylic oxidation sites excluding steroid dienone is 7. The van der Waals surface area contributed by atoms with E-state index in [0.717, 1.165) is 5.57 Å². The normalized spacial score (nSPS) is 25.7. The lowest BCUT2D eigenvalue weighted by Crippen LogP contribution is -2.42. The van der Waals surface area contributed by atoms with E-state index >= 15 is 0 Å². The van der Waals surface area contributed by atoms with Crippen molar-refractivity contribution in [2.24, 2.45) is 11.3 Å². The van der Waals surface area contributed by atoms with Crippen LogP contribution in [0.3, 0.4) is 0 Å². The molecule has 0 radical (unpaired) electrons. The molecule has 2 aliphatic rings. The standard InChI is InChI=1S/C27H40O5/c1-9-18(6)22(28)21-23(29)19(7)25-27(24(21)30,14-12-17(4)5)15-20(32-25)26(8,31)13-10-11-16(2)3/h11-12,18,20,29,31H,9-10,13-15H2,1-8H3.